The highest BCUT2D eigenvalue weighted by Crippen LogP contribution is 2.14. The number of carbonyl (C=O) groups is 1. The lowest BCUT2D eigenvalue weighted by Crippen LogP contribution is -1.93. The largest absolute Gasteiger partial charge is 0.494 e. The minimum atomic E-state index is -0.0458. The topological polar surface area (TPSA) is 26.3 Å². The number of ether oxygens (including phenoxy) is 1. The molecule has 0 N–H and O–H groups in total. The van der Waals surface area contributed by atoms with Gasteiger partial charge in [-0.1, -0.05) is 29.8 Å². The van der Waals surface area contributed by atoms with E-state index in [1.54, 1.807) is 36.4 Å². The first-order chi connectivity index (χ1) is 9.69. The normalized spacial score (nSPS) is 10.7. The van der Waals surface area contributed by atoms with Crippen molar-refractivity contribution in [3.63, 3.8) is 0 Å². The summed E-state index contributed by atoms with van der Waals surface area (Å²) in [7, 11) is 0. The van der Waals surface area contributed by atoms with Crippen LogP contribution < -0.4 is 4.74 Å². The molecule has 20 heavy (non-hydrogen) atoms. The van der Waals surface area contributed by atoms with E-state index in [2.05, 4.69) is 0 Å². The van der Waals surface area contributed by atoms with E-state index in [-0.39, 0.29) is 5.78 Å². The summed E-state index contributed by atoms with van der Waals surface area (Å²) >= 11 is 5.79. The van der Waals surface area contributed by atoms with E-state index in [0.29, 0.717) is 17.2 Å². The Morgan fingerprint density at radius 1 is 1.10 bits per heavy atom. The minimum absolute atomic E-state index is 0.0458. The Hall–Kier alpha value is -2.06. The maximum absolute atomic E-state index is 11.9. The highest BCUT2D eigenvalue weighted by Gasteiger charge is 2.01. The summed E-state index contributed by atoms with van der Waals surface area (Å²) in [5.41, 5.74) is 1.58. The Morgan fingerprint density at radius 2 is 1.75 bits per heavy atom. The Balaban J connectivity index is 2.04. The van der Waals surface area contributed by atoms with Crippen LogP contribution in [0.15, 0.2) is 54.6 Å². The molecule has 2 nitrogen and oxygen atoms in total. The first-order valence-corrected chi connectivity index (χ1v) is 6.77. The van der Waals surface area contributed by atoms with Gasteiger partial charge in [-0.2, -0.15) is 0 Å². The molecule has 0 spiro atoms. The molecule has 0 aromatic heterocycles. The third-order valence-electron chi connectivity index (χ3n) is 2.75. The first kappa shape index (κ1) is 14.4. The number of rotatable bonds is 5. The van der Waals surface area contributed by atoms with Gasteiger partial charge in [0.25, 0.3) is 0 Å². The van der Waals surface area contributed by atoms with E-state index in [0.717, 1.165) is 11.3 Å². The van der Waals surface area contributed by atoms with Crippen molar-refractivity contribution in [3.05, 3.63) is 70.8 Å². The third kappa shape index (κ3) is 3.97. The molecule has 0 saturated carbocycles. The highest BCUT2D eigenvalue weighted by atomic mass is 35.5. The lowest BCUT2D eigenvalue weighted by atomic mass is 10.1. The lowest BCUT2D eigenvalue weighted by molar-refractivity contribution is 0.104. The summed E-state index contributed by atoms with van der Waals surface area (Å²) in [6.45, 7) is 2.59. The number of hydrogen-bond donors (Lipinski definition) is 0. The molecule has 3 heteroatoms. The second kappa shape index (κ2) is 6.92. The fourth-order valence-corrected chi connectivity index (χ4v) is 1.85. The molecule has 0 radical (unpaired) electrons. The average Bonchev–Trinajstić information content (AvgIpc) is 2.47. The smallest absolute Gasteiger partial charge is 0.185 e. The fourth-order valence-electron chi connectivity index (χ4n) is 1.72. The van der Waals surface area contributed by atoms with Gasteiger partial charge in [-0.05, 0) is 55.0 Å². The molecule has 0 amide bonds. The van der Waals surface area contributed by atoms with Crippen molar-refractivity contribution in [2.24, 2.45) is 0 Å². The van der Waals surface area contributed by atoms with Gasteiger partial charge < -0.3 is 4.74 Å². The predicted molar refractivity (Wildman–Crippen MR) is 82.4 cm³/mol. The molecule has 0 bridgehead atoms. The van der Waals surface area contributed by atoms with Crippen molar-refractivity contribution >= 4 is 23.5 Å². The molecular weight excluding hydrogens is 272 g/mol. The van der Waals surface area contributed by atoms with Gasteiger partial charge in [0.05, 0.1) is 6.61 Å². The Bertz CT molecular complexity index is 598. The van der Waals surface area contributed by atoms with Gasteiger partial charge in [0.15, 0.2) is 5.78 Å². The van der Waals surface area contributed by atoms with Gasteiger partial charge in [-0.3, -0.25) is 4.79 Å². The van der Waals surface area contributed by atoms with E-state index >= 15 is 0 Å². The Kier molecular flexibility index (Phi) is 4.97. The standard InChI is InChI=1S/C17H15ClO2/c1-2-20-16-10-3-13(4-11-16)5-12-17(19)14-6-8-15(18)9-7-14/h3-12H,2H2,1H3. The van der Waals surface area contributed by atoms with Crippen LogP contribution in [0, 0.1) is 0 Å². The van der Waals surface area contributed by atoms with Gasteiger partial charge in [0, 0.05) is 10.6 Å². The second-order valence-electron chi connectivity index (χ2n) is 4.21. The molecule has 0 heterocycles. The predicted octanol–water partition coefficient (Wildman–Crippen LogP) is 4.63. The van der Waals surface area contributed by atoms with Gasteiger partial charge >= 0.3 is 0 Å². The van der Waals surface area contributed by atoms with E-state index in [1.807, 2.05) is 31.2 Å². The van der Waals surface area contributed by atoms with Gasteiger partial charge in [0.2, 0.25) is 0 Å². The van der Waals surface area contributed by atoms with Crippen molar-refractivity contribution in [1.82, 2.24) is 0 Å². The summed E-state index contributed by atoms with van der Waals surface area (Å²) in [5, 5.41) is 0.622. The summed E-state index contributed by atoms with van der Waals surface area (Å²) in [4.78, 5) is 11.9. The zero-order valence-corrected chi connectivity index (χ0v) is 11.9. The lowest BCUT2D eigenvalue weighted by Gasteiger charge is -2.02. The summed E-state index contributed by atoms with van der Waals surface area (Å²) in [6.07, 6.45) is 3.34. The minimum Gasteiger partial charge on any atom is -0.494 e. The van der Waals surface area contributed by atoms with E-state index in [1.165, 1.54) is 0 Å². The zero-order chi connectivity index (χ0) is 14.4. The molecule has 2 aromatic carbocycles. The molecule has 2 aromatic rings. The van der Waals surface area contributed by atoms with Crippen LogP contribution in [0.25, 0.3) is 6.08 Å². The molecule has 0 aliphatic rings. The van der Waals surface area contributed by atoms with Crippen molar-refractivity contribution in [2.45, 2.75) is 6.92 Å². The molecule has 0 aliphatic heterocycles. The number of carbonyl (C=O) groups excluding carboxylic acids is 1. The van der Waals surface area contributed by atoms with Crippen molar-refractivity contribution in [1.29, 1.82) is 0 Å². The highest BCUT2D eigenvalue weighted by molar-refractivity contribution is 6.30. The number of ketones is 1. The van der Waals surface area contributed by atoms with Crippen LogP contribution in [0.5, 0.6) is 5.75 Å². The average molecular weight is 287 g/mol. The van der Waals surface area contributed by atoms with Crippen LogP contribution in [0.3, 0.4) is 0 Å². The summed E-state index contributed by atoms with van der Waals surface area (Å²) in [6, 6.07) is 14.4. The van der Waals surface area contributed by atoms with E-state index in [4.69, 9.17) is 16.3 Å². The number of hydrogen-bond acceptors (Lipinski definition) is 2. The molecular formula is C17H15ClO2. The molecule has 0 atom stereocenters. The molecule has 0 fully saturated rings. The molecule has 2 rings (SSSR count). The van der Waals surface area contributed by atoms with Crippen LogP contribution in [0.2, 0.25) is 5.02 Å². The van der Waals surface area contributed by atoms with Crippen molar-refractivity contribution in [2.75, 3.05) is 6.61 Å². The van der Waals surface area contributed by atoms with E-state index in [9.17, 15) is 4.79 Å². The maximum atomic E-state index is 11.9. The number of benzene rings is 2. The fraction of sp³-hybridized carbons (Fsp3) is 0.118. The van der Waals surface area contributed by atoms with Crippen molar-refractivity contribution < 1.29 is 9.53 Å². The molecule has 0 unspecified atom stereocenters. The zero-order valence-electron chi connectivity index (χ0n) is 11.2. The Labute approximate surface area is 123 Å². The summed E-state index contributed by atoms with van der Waals surface area (Å²) in [5.74, 6) is 0.782. The first-order valence-electron chi connectivity index (χ1n) is 6.40. The molecule has 102 valence electrons. The monoisotopic (exact) mass is 286 g/mol. The Morgan fingerprint density at radius 3 is 2.35 bits per heavy atom. The van der Waals surface area contributed by atoms with Gasteiger partial charge in [0.1, 0.15) is 5.75 Å². The second-order valence-corrected chi connectivity index (χ2v) is 4.64. The van der Waals surface area contributed by atoms with Gasteiger partial charge in [-0.25, -0.2) is 0 Å². The number of halogens is 1. The van der Waals surface area contributed by atoms with Crippen LogP contribution in [0.1, 0.15) is 22.8 Å². The van der Waals surface area contributed by atoms with Crippen molar-refractivity contribution in [3.8, 4) is 5.75 Å². The van der Waals surface area contributed by atoms with Crippen LogP contribution in [-0.4, -0.2) is 12.4 Å². The van der Waals surface area contributed by atoms with Crippen LogP contribution in [-0.2, 0) is 0 Å². The molecule has 0 saturated heterocycles. The van der Waals surface area contributed by atoms with Crippen LogP contribution >= 0.6 is 11.6 Å². The SMILES string of the molecule is CCOc1ccc(C=CC(=O)c2ccc(Cl)cc2)cc1. The maximum Gasteiger partial charge on any atom is 0.185 e. The summed E-state index contributed by atoms with van der Waals surface area (Å²) < 4.78 is 5.36. The van der Waals surface area contributed by atoms with Gasteiger partial charge in [-0.15, -0.1) is 0 Å². The third-order valence-corrected chi connectivity index (χ3v) is 3.00. The van der Waals surface area contributed by atoms with Crippen LogP contribution in [0.4, 0.5) is 0 Å². The number of allylic oxidation sites excluding steroid dienone is 1. The quantitative estimate of drug-likeness (QED) is 0.591. The molecule has 0 aliphatic carbocycles. The van der Waals surface area contributed by atoms with E-state index < -0.39 is 0 Å².